The van der Waals surface area contributed by atoms with Crippen molar-refractivity contribution in [3.8, 4) is 0 Å². The van der Waals surface area contributed by atoms with Crippen LogP contribution in [0.15, 0.2) is 58.4 Å². The molecule has 0 saturated carbocycles. The van der Waals surface area contributed by atoms with Gasteiger partial charge >= 0.3 is 6.55 Å². The monoisotopic (exact) mass is 338 g/mol. The van der Waals surface area contributed by atoms with E-state index in [4.69, 9.17) is 0 Å². The van der Waals surface area contributed by atoms with Crippen molar-refractivity contribution in [2.75, 3.05) is 16.8 Å². The molecule has 5 heteroatoms. The lowest BCUT2D eigenvalue weighted by molar-refractivity contribution is 0.151. The molecule has 0 unspecified atom stereocenters. The van der Waals surface area contributed by atoms with Crippen LogP contribution in [0, 0.1) is 0 Å². The third-order valence-electron chi connectivity index (χ3n) is 3.46. The number of allylic oxidation sites excluding steroid dienone is 5. The largest absolute Gasteiger partial charge is 0.329 e. The highest BCUT2D eigenvalue weighted by Gasteiger charge is 2.35. The molecule has 0 bridgehead atoms. The Kier molecular flexibility index (Phi) is 3.38. The van der Waals surface area contributed by atoms with Gasteiger partial charge in [0, 0.05) is 11.5 Å². The van der Waals surface area contributed by atoms with Crippen molar-refractivity contribution >= 4 is 27.3 Å². The van der Waals surface area contributed by atoms with Crippen molar-refractivity contribution in [2.24, 2.45) is 0 Å². The average molecular weight is 339 g/mol. The van der Waals surface area contributed by atoms with Crippen molar-refractivity contribution < 1.29 is 8.78 Å². The molecule has 0 atom stereocenters. The minimum absolute atomic E-state index is 0.544. The van der Waals surface area contributed by atoms with Gasteiger partial charge in [0.1, 0.15) is 5.82 Å². The van der Waals surface area contributed by atoms with E-state index in [0.717, 1.165) is 20.6 Å². The lowest BCUT2D eigenvalue weighted by Crippen LogP contribution is -2.31. The number of nitrogens with zero attached hydrogens (tertiary/aromatic N) is 2. The summed E-state index contributed by atoms with van der Waals surface area (Å²) >= 11 is 3.40. The van der Waals surface area contributed by atoms with Crippen molar-refractivity contribution in [1.82, 2.24) is 0 Å². The number of halogens is 3. The van der Waals surface area contributed by atoms with E-state index < -0.39 is 6.55 Å². The zero-order chi connectivity index (χ0) is 14.3. The second-order valence-electron chi connectivity index (χ2n) is 4.68. The maximum atomic E-state index is 13.5. The summed E-state index contributed by atoms with van der Waals surface area (Å²) in [5, 5.41) is 0. The second kappa shape index (κ2) is 5.05. The maximum Gasteiger partial charge on any atom is 0.320 e. The fourth-order valence-corrected chi connectivity index (χ4v) is 3.10. The number of anilines is 2. The Morgan fingerprint density at radius 2 is 1.90 bits per heavy atom. The Hall–Kier alpha value is -1.62. The summed E-state index contributed by atoms with van der Waals surface area (Å²) in [5.41, 5.74) is 2.22. The highest BCUT2D eigenvalue weighted by molar-refractivity contribution is 9.11. The smallest absolute Gasteiger partial charge is 0.320 e. The molecule has 0 saturated heterocycles. The summed E-state index contributed by atoms with van der Waals surface area (Å²) in [6.07, 6.45) is 6.44. The molecule has 20 heavy (non-hydrogen) atoms. The number of benzene rings is 1. The molecular formula is C15H13BrF2N2. The summed E-state index contributed by atoms with van der Waals surface area (Å²) in [5.74, 6) is 0.544. The molecule has 1 aliphatic carbocycles. The Bertz CT molecular complexity index is 635. The van der Waals surface area contributed by atoms with Crippen LogP contribution in [-0.4, -0.2) is 13.6 Å². The van der Waals surface area contributed by atoms with Crippen LogP contribution >= 0.6 is 15.9 Å². The van der Waals surface area contributed by atoms with E-state index in [1.807, 2.05) is 42.3 Å². The van der Waals surface area contributed by atoms with Crippen LogP contribution in [0.1, 0.15) is 6.42 Å². The number of rotatable bonds is 1. The number of fused-ring (bicyclic) bond motifs is 1. The van der Waals surface area contributed by atoms with Crippen LogP contribution in [0.5, 0.6) is 0 Å². The van der Waals surface area contributed by atoms with Gasteiger partial charge in [-0.1, -0.05) is 40.2 Å². The van der Waals surface area contributed by atoms with E-state index in [-0.39, 0.29) is 0 Å². The van der Waals surface area contributed by atoms with Crippen molar-refractivity contribution in [3.05, 3.63) is 58.4 Å². The zero-order valence-corrected chi connectivity index (χ0v) is 12.4. The third-order valence-corrected chi connectivity index (χ3v) is 3.95. The number of alkyl halides is 2. The van der Waals surface area contributed by atoms with Crippen LogP contribution < -0.4 is 9.80 Å². The molecule has 1 aliphatic heterocycles. The van der Waals surface area contributed by atoms with E-state index in [0.29, 0.717) is 17.9 Å². The topological polar surface area (TPSA) is 6.48 Å². The quantitative estimate of drug-likeness (QED) is 0.689. The highest BCUT2D eigenvalue weighted by Crippen LogP contribution is 2.44. The van der Waals surface area contributed by atoms with Gasteiger partial charge in [-0.25, -0.2) is 0 Å². The fourth-order valence-electron chi connectivity index (χ4n) is 2.64. The number of hydrogen-bond donors (Lipinski definition) is 0. The highest BCUT2D eigenvalue weighted by atomic mass is 79.9. The average Bonchev–Trinajstić information content (AvgIpc) is 2.73. The molecule has 2 nitrogen and oxygen atoms in total. The van der Waals surface area contributed by atoms with Crippen molar-refractivity contribution in [3.63, 3.8) is 0 Å². The normalized spacial score (nSPS) is 21.6. The molecule has 0 aromatic heterocycles. The summed E-state index contributed by atoms with van der Waals surface area (Å²) in [4.78, 5) is 2.92. The van der Waals surface area contributed by atoms with Crippen LogP contribution in [-0.2, 0) is 0 Å². The van der Waals surface area contributed by atoms with Crippen LogP contribution in [0.2, 0.25) is 0 Å². The molecular weight excluding hydrogens is 326 g/mol. The van der Waals surface area contributed by atoms with Crippen LogP contribution in [0.3, 0.4) is 0 Å². The van der Waals surface area contributed by atoms with E-state index >= 15 is 0 Å². The van der Waals surface area contributed by atoms with Gasteiger partial charge in [-0.15, -0.1) is 0 Å². The molecule has 0 spiro atoms. The van der Waals surface area contributed by atoms with Gasteiger partial charge in [0.25, 0.3) is 0 Å². The molecule has 1 aromatic carbocycles. The first-order valence-corrected chi connectivity index (χ1v) is 7.06. The molecule has 1 aromatic rings. The molecule has 0 amide bonds. The van der Waals surface area contributed by atoms with Gasteiger partial charge in [-0.3, -0.25) is 4.90 Å². The molecule has 0 radical (unpaired) electrons. The predicted octanol–water partition coefficient (Wildman–Crippen LogP) is 4.62. The van der Waals surface area contributed by atoms with E-state index in [1.165, 1.54) is 0 Å². The van der Waals surface area contributed by atoms with Crippen LogP contribution in [0.4, 0.5) is 20.2 Å². The first-order chi connectivity index (χ1) is 9.59. The summed E-state index contributed by atoms with van der Waals surface area (Å²) in [6.45, 7) is -2.57. The second-order valence-corrected chi connectivity index (χ2v) is 5.60. The Morgan fingerprint density at radius 1 is 1.20 bits per heavy atom. The summed E-state index contributed by atoms with van der Waals surface area (Å²) in [7, 11) is 1.82. The van der Waals surface area contributed by atoms with Crippen LogP contribution in [0.25, 0.3) is 0 Å². The SMILES string of the molecule is CN1C(=C2C=C(Br)C=CC2)N(C(F)F)c2ccccc21. The predicted molar refractivity (Wildman–Crippen MR) is 81.1 cm³/mol. The zero-order valence-electron chi connectivity index (χ0n) is 10.9. The molecule has 0 fully saturated rings. The molecule has 3 rings (SSSR count). The standard InChI is InChI=1S/C15H13BrF2N2/c1-19-12-7-2-3-8-13(12)20(15(17)18)14(19)10-5-4-6-11(16)9-10/h2-4,6-9,15H,5H2,1H3. The van der Waals surface area contributed by atoms with Gasteiger partial charge in [-0.05, 0) is 30.2 Å². The molecule has 104 valence electrons. The summed E-state index contributed by atoms with van der Waals surface area (Å²) < 4.78 is 27.9. The van der Waals surface area contributed by atoms with Gasteiger partial charge in [0.05, 0.1) is 11.4 Å². The minimum atomic E-state index is -2.57. The first-order valence-electron chi connectivity index (χ1n) is 6.26. The van der Waals surface area contributed by atoms with Crippen molar-refractivity contribution in [1.29, 1.82) is 0 Å². The van der Waals surface area contributed by atoms with E-state index in [9.17, 15) is 8.78 Å². The lowest BCUT2D eigenvalue weighted by atomic mass is 10.1. The Balaban J connectivity index is 2.17. The number of hydrogen-bond acceptors (Lipinski definition) is 2. The van der Waals surface area contributed by atoms with Gasteiger partial charge < -0.3 is 4.90 Å². The van der Waals surface area contributed by atoms with Gasteiger partial charge in [0.15, 0.2) is 0 Å². The van der Waals surface area contributed by atoms with E-state index in [1.54, 1.807) is 12.1 Å². The Labute approximate surface area is 124 Å². The first kappa shape index (κ1) is 13.4. The van der Waals surface area contributed by atoms with Crippen molar-refractivity contribution in [2.45, 2.75) is 13.0 Å². The lowest BCUT2D eigenvalue weighted by Gasteiger charge is -2.25. The fraction of sp³-hybridized carbons (Fsp3) is 0.200. The third kappa shape index (κ3) is 2.06. The molecule has 2 aliphatic rings. The molecule has 0 N–H and O–H groups in total. The maximum absolute atomic E-state index is 13.5. The van der Waals surface area contributed by atoms with Gasteiger partial charge in [0.2, 0.25) is 0 Å². The van der Waals surface area contributed by atoms with E-state index in [2.05, 4.69) is 15.9 Å². The van der Waals surface area contributed by atoms with Gasteiger partial charge in [-0.2, -0.15) is 8.78 Å². The number of para-hydroxylation sites is 2. The summed E-state index contributed by atoms with van der Waals surface area (Å²) in [6, 6.07) is 7.22. The minimum Gasteiger partial charge on any atom is -0.329 e. The Morgan fingerprint density at radius 3 is 2.55 bits per heavy atom. The molecule has 1 heterocycles.